The highest BCUT2D eigenvalue weighted by atomic mass is 79.9. The van der Waals surface area contributed by atoms with Gasteiger partial charge in [-0.1, -0.05) is 6.07 Å². The predicted octanol–water partition coefficient (Wildman–Crippen LogP) is 4.68. The molecule has 0 aliphatic heterocycles. The van der Waals surface area contributed by atoms with Crippen LogP contribution in [-0.2, 0) is 13.0 Å². The number of hydrogen-bond acceptors (Lipinski definition) is 6. The van der Waals surface area contributed by atoms with Crippen LogP contribution in [0.4, 0.5) is 5.00 Å². The van der Waals surface area contributed by atoms with Crippen LogP contribution in [0.3, 0.4) is 0 Å². The SMILES string of the molecule is C[C@H](N)Cc1sc2c(NCc3cccs3)snc2c1Br. The van der Waals surface area contributed by atoms with Crippen molar-refractivity contribution in [2.24, 2.45) is 5.73 Å². The van der Waals surface area contributed by atoms with Gasteiger partial charge in [0.05, 0.1) is 15.7 Å². The summed E-state index contributed by atoms with van der Waals surface area (Å²) in [7, 11) is 0. The van der Waals surface area contributed by atoms with Gasteiger partial charge in [0.1, 0.15) is 10.5 Å². The van der Waals surface area contributed by atoms with Crippen molar-refractivity contribution < 1.29 is 0 Å². The molecule has 0 fully saturated rings. The number of nitrogens with zero attached hydrogens (tertiary/aromatic N) is 1. The third kappa shape index (κ3) is 2.92. The molecule has 0 aliphatic carbocycles. The fourth-order valence-electron chi connectivity index (χ4n) is 1.93. The Labute approximate surface area is 138 Å². The van der Waals surface area contributed by atoms with Crippen molar-refractivity contribution in [3.63, 3.8) is 0 Å². The van der Waals surface area contributed by atoms with Gasteiger partial charge < -0.3 is 11.1 Å². The minimum absolute atomic E-state index is 0.167. The largest absolute Gasteiger partial charge is 0.370 e. The number of rotatable bonds is 5. The molecule has 0 spiro atoms. The number of fused-ring (bicyclic) bond motifs is 1. The van der Waals surface area contributed by atoms with Crippen LogP contribution in [0, 0.1) is 0 Å². The molecule has 3 heterocycles. The smallest absolute Gasteiger partial charge is 0.127 e. The van der Waals surface area contributed by atoms with Gasteiger partial charge in [0, 0.05) is 15.8 Å². The van der Waals surface area contributed by atoms with E-state index in [-0.39, 0.29) is 6.04 Å². The Bertz CT molecular complexity index is 700. The summed E-state index contributed by atoms with van der Waals surface area (Å²) in [5.41, 5.74) is 6.96. The number of thiophene rings is 2. The van der Waals surface area contributed by atoms with E-state index in [1.165, 1.54) is 26.0 Å². The van der Waals surface area contributed by atoms with Crippen molar-refractivity contribution in [1.82, 2.24) is 4.37 Å². The first-order valence-electron chi connectivity index (χ1n) is 6.23. The standard InChI is InChI=1S/C13H14BrN3S3/c1-7(15)5-9-10(14)11-12(19-9)13(20-17-11)16-6-8-3-2-4-18-8/h2-4,7,16H,5-6,15H2,1H3/t7-/m0/s1. The number of anilines is 1. The molecule has 20 heavy (non-hydrogen) atoms. The molecule has 7 heteroatoms. The Morgan fingerprint density at radius 1 is 1.50 bits per heavy atom. The van der Waals surface area contributed by atoms with E-state index in [1.807, 2.05) is 6.92 Å². The van der Waals surface area contributed by atoms with E-state index in [2.05, 4.69) is 43.1 Å². The zero-order valence-electron chi connectivity index (χ0n) is 10.9. The number of hydrogen-bond donors (Lipinski definition) is 2. The maximum Gasteiger partial charge on any atom is 0.127 e. The second-order valence-electron chi connectivity index (χ2n) is 4.64. The topological polar surface area (TPSA) is 50.9 Å². The van der Waals surface area contributed by atoms with E-state index in [1.54, 1.807) is 22.7 Å². The monoisotopic (exact) mass is 387 g/mol. The lowest BCUT2D eigenvalue weighted by Gasteiger charge is -2.02. The predicted molar refractivity (Wildman–Crippen MR) is 94.2 cm³/mol. The van der Waals surface area contributed by atoms with Gasteiger partial charge in [0.2, 0.25) is 0 Å². The molecule has 3 N–H and O–H groups in total. The number of halogens is 1. The van der Waals surface area contributed by atoms with Crippen LogP contribution in [-0.4, -0.2) is 10.4 Å². The fourth-order valence-corrected chi connectivity index (χ4v) is 5.68. The Morgan fingerprint density at radius 2 is 2.35 bits per heavy atom. The van der Waals surface area contributed by atoms with Crippen molar-refractivity contribution in [2.75, 3.05) is 5.32 Å². The Kier molecular flexibility index (Phi) is 4.42. The van der Waals surface area contributed by atoms with E-state index in [4.69, 9.17) is 5.73 Å². The first kappa shape index (κ1) is 14.5. The average molecular weight is 388 g/mol. The van der Waals surface area contributed by atoms with Crippen LogP contribution in [0.5, 0.6) is 0 Å². The molecule has 106 valence electrons. The minimum atomic E-state index is 0.167. The van der Waals surface area contributed by atoms with Crippen LogP contribution < -0.4 is 11.1 Å². The summed E-state index contributed by atoms with van der Waals surface area (Å²) in [5.74, 6) is 0. The first-order valence-corrected chi connectivity index (χ1v) is 9.49. The van der Waals surface area contributed by atoms with Crippen molar-refractivity contribution in [3.05, 3.63) is 31.7 Å². The molecule has 3 rings (SSSR count). The number of nitrogens with two attached hydrogens (primary N) is 1. The summed E-state index contributed by atoms with van der Waals surface area (Å²) < 4.78 is 6.89. The average Bonchev–Trinajstić information content (AvgIpc) is 3.08. The van der Waals surface area contributed by atoms with Crippen molar-refractivity contribution in [3.8, 4) is 0 Å². The van der Waals surface area contributed by atoms with E-state index >= 15 is 0 Å². The maximum absolute atomic E-state index is 5.90. The second-order valence-corrected chi connectivity index (χ2v) is 8.35. The van der Waals surface area contributed by atoms with Gasteiger partial charge in [0.25, 0.3) is 0 Å². The van der Waals surface area contributed by atoms with Gasteiger partial charge in [-0.15, -0.1) is 22.7 Å². The van der Waals surface area contributed by atoms with E-state index < -0.39 is 0 Å². The molecule has 3 aromatic heterocycles. The summed E-state index contributed by atoms with van der Waals surface area (Å²) in [6, 6.07) is 4.38. The molecule has 0 radical (unpaired) electrons. The molecule has 0 unspecified atom stereocenters. The molecule has 0 saturated carbocycles. The minimum Gasteiger partial charge on any atom is -0.370 e. The van der Waals surface area contributed by atoms with Gasteiger partial charge >= 0.3 is 0 Å². The molecular formula is C13H14BrN3S3. The molecular weight excluding hydrogens is 374 g/mol. The normalized spacial score (nSPS) is 12.9. The summed E-state index contributed by atoms with van der Waals surface area (Å²) in [4.78, 5) is 2.61. The molecule has 0 amide bonds. The van der Waals surface area contributed by atoms with Gasteiger partial charge in [-0.25, -0.2) is 0 Å². The Morgan fingerprint density at radius 3 is 3.05 bits per heavy atom. The Hall–Kier alpha value is -0.470. The molecule has 1 atom stereocenters. The Balaban J connectivity index is 1.84. The zero-order valence-corrected chi connectivity index (χ0v) is 14.9. The lowest BCUT2D eigenvalue weighted by atomic mass is 10.2. The third-order valence-electron chi connectivity index (χ3n) is 2.84. The molecule has 0 saturated heterocycles. The highest BCUT2D eigenvalue weighted by molar-refractivity contribution is 9.10. The summed E-state index contributed by atoms with van der Waals surface area (Å²) in [5, 5.41) is 6.74. The van der Waals surface area contributed by atoms with Crippen LogP contribution in [0.2, 0.25) is 0 Å². The molecule has 3 aromatic rings. The zero-order chi connectivity index (χ0) is 14.1. The summed E-state index contributed by atoms with van der Waals surface area (Å²) >= 11 is 8.73. The van der Waals surface area contributed by atoms with E-state index in [0.29, 0.717) is 0 Å². The van der Waals surface area contributed by atoms with Crippen molar-refractivity contribution in [1.29, 1.82) is 0 Å². The van der Waals surface area contributed by atoms with Gasteiger partial charge in [-0.2, -0.15) is 4.37 Å². The van der Waals surface area contributed by atoms with Crippen LogP contribution >= 0.6 is 50.1 Å². The molecule has 3 nitrogen and oxygen atoms in total. The van der Waals surface area contributed by atoms with Crippen molar-refractivity contribution >= 4 is 65.4 Å². The van der Waals surface area contributed by atoms with Crippen LogP contribution in [0.25, 0.3) is 10.2 Å². The fraction of sp³-hybridized carbons (Fsp3) is 0.308. The van der Waals surface area contributed by atoms with E-state index in [9.17, 15) is 0 Å². The van der Waals surface area contributed by atoms with Gasteiger partial charge in [-0.05, 0) is 52.3 Å². The van der Waals surface area contributed by atoms with Crippen molar-refractivity contribution in [2.45, 2.75) is 25.9 Å². The van der Waals surface area contributed by atoms with Gasteiger partial charge in [0.15, 0.2) is 0 Å². The quantitative estimate of drug-likeness (QED) is 0.667. The number of nitrogens with one attached hydrogen (secondary N) is 1. The lowest BCUT2D eigenvalue weighted by molar-refractivity contribution is 0.745. The highest BCUT2D eigenvalue weighted by Gasteiger charge is 2.17. The summed E-state index contributed by atoms with van der Waals surface area (Å²) in [6.45, 7) is 2.88. The summed E-state index contributed by atoms with van der Waals surface area (Å²) in [6.07, 6.45) is 0.886. The third-order valence-corrected chi connectivity index (χ3v) is 6.98. The van der Waals surface area contributed by atoms with E-state index in [0.717, 1.165) is 28.0 Å². The van der Waals surface area contributed by atoms with Crippen LogP contribution in [0.15, 0.2) is 22.0 Å². The van der Waals surface area contributed by atoms with Gasteiger partial charge in [-0.3, -0.25) is 0 Å². The van der Waals surface area contributed by atoms with Crippen LogP contribution in [0.1, 0.15) is 16.7 Å². The maximum atomic E-state index is 5.90. The molecule has 0 aromatic carbocycles. The first-order chi connectivity index (χ1) is 9.65. The molecule has 0 aliphatic rings. The number of aromatic nitrogens is 1. The second kappa shape index (κ2) is 6.11. The molecule has 0 bridgehead atoms. The highest BCUT2D eigenvalue weighted by Crippen LogP contribution is 2.42. The lowest BCUT2D eigenvalue weighted by Crippen LogP contribution is -2.17.